The molecule has 0 amide bonds. The van der Waals surface area contributed by atoms with E-state index in [1.807, 2.05) is 14.2 Å². The summed E-state index contributed by atoms with van der Waals surface area (Å²) in [7, 11) is 0. The maximum atomic E-state index is 2.56. The van der Waals surface area contributed by atoms with E-state index in [-0.39, 0.29) is 0 Å². The van der Waals surface area contributed by atoms with Gasteiger partial charge in [-0.25, -0.2) is 0 Å². The summed E-state index contributed by atoms with van der Waals surface area (Å²) >= 11 is 1.89. The van der Waals surface area contributed by atoms with Crippen molar-refractivity contribution in [2.45, 2.75) is 124 Å². The summed E-state index contributed by atoms with van der Waals surface area (Å²) in [4.78, 5) is 4.45. The third-order valence-electron chi connectivity index (χ3n) is 7.05. The minimum atomic E-state index is -2.26. The Bertz CT molecular complexity index is 748. The van der Waals surface area contributed by atoms with Crippen molar-refractivity contribution in [1.29, 1.82) is 0 Å². The van der Waals surface area contributed by atoms with Gasteiger partial charge < -0.3 is 0 Å². The van der Waals surface area contributed by atoms with E-state index in [0.29, 0.717) is 0 Å². The Morgan fingerprint density at radius 2 is 1.09 bits per heavy atom. The molecule has 33 heavy (non-hydrogen) atoms. The van der Waals surface area contributed by atoms with E-state index < -0.39 is 18.4 Å². The van der Waals surface area contributed by atoms with E-state index in [0.717, 1.165) is 0 Å². The van der Waals surface area contributed by atoms with Crippen LogP contribution < -0.4 is 2.89 Å². The molecule has 0 nitrogen and oxygen atoms in total. The molecule has 0 aliphatic carbocycles. The van der Waals surface area contributed by atoms with E-state index in [9.17, 15) is 0 Å². The molecule has 0 aliphatic rings. The maximum absolute atomic E-state index is 2.56. The summed E-state index contributed by atoms with van der Waals surface area (Å²) in [6.45, 7) is 9.42. The molecule has 0 aliphatic heterocycles. The van der Waals surface area contributed by atoms with Gasteiger partial charge in [0.25, 0.3) is 0 Å². The van der Waals surface area contributed by atoms with Crippen LogP contribution in [0, 0.1) is 0 Å². The van der Waals surface area contributed by atoms with Crippen molar-refractivity contribution < 1.29 is 0 Å². The Kier molecular flexibility index (Phi) is 15.4. The van der Waals surface area contributed by atoms with Gasteiger partial charge in [0.1, 0.15) is 0 Å². The molecular weight excluding hydrogens is 543 g/mol. The molecule has 0 fully saturated rings. The Balaban J connectivity index is 2.00. The average molecular weight is 594 g/mol. The van der Waals surface area contributed by atoms with Crippen LogP contribution in [0.25, 0.3) is 12.2 Å². The minimum absolute atomic E-state index is 1.26. The molecule has 186 valence electrons. The second kappa shape index (κ2) is 17.4. The van der Waals surface area contributed by atoms with Crippen molar-refractivity contribution in [3.05, 3.63) is 38.9 Å². The fraction of sp³-hybridized carbons (Fsp3) is 0.667. The van der Waals surface area contributed by atoms with E-state index in [1.54, 1.807) is 18.2 Å². The first-order chi connectivity index (χ1) is 16.2. The molecule has 0 saturated carbocycles. The predicted octanol–water partition coefficient (Wildman–Crippen LogP) is 10.9. The van der Waals surface area contributed by atoms with Crippen LogP contribution in [-0.2, 0) is 6.42 Å². The zero-order valence-electron chi connectivity index (χ0n) is 22.1. The summed E-state index contributed by atoms with van der Waals surface area (Å²) in [5.74, 6) is 0. The van der Waals surface area contributed by atoms with E-state index in [2.05, 4.69) is 75.4 Å². The van der Waals surface area contributed by atoms with Gasteiger partial charge in [0, 0.05) is 0 Å². The fourth-order valence-electron chi connectivity index (χ4n) is 4.88. The molecule has 0 aromatic carbocycles. The third kappa shape index (κ3) is 10.6. The van der Waals surface area contributed by atoms with Crippen molar-refractivity contribution in [3.63, 3.8) is 0 Å². The van der Waals surface area contributed by atoms with Gasteiger partial charge in [0.05, 0.1) is 0 Å². The van der Waals surface area contributed by atoms with Crippen LogP contribution in [0.15, 0.2) is 24.3 Å². The molecule has 3 heteroatoms. The van der Waals surface area contributed by atoms with E-state index in [1.165, 1.54) is 93.2 Å². The first kappa shape index (κ1) is 29.2. The Hall–Kier alpha value is -0.0613. The monoisotopic (exact) mass is 594 g/mol. The molecule has 0 atom stereocenters. The quantitative estimate of drug-likeness (QED) is 0.112. The van der Waals surface area contributed by atoms with Crippen molar-refractivity contribution in [1.82, 2.24) is 0 Å². The van der Waals surface area contributed by atoms with Crippen molar-refractivity contribution in [3.8, 4) is 0 Å². The molecule has 0 spiro atoms. The number of rotatable bonds is 19. The van der Waals surface area contributed by atoms with E-state index >= 15 is 0 Å². The number of aryl methyl sites for hydroxylation is 1. The first-order valence-corrected chi connectivity index (χ1v) is 23.2. The van der Waals surface area contributed by atoms with Gasteiger partial charge in [-0.3, -0.25) is 0 Å². The van der Waals surface area contributed by atoms with Crippen LogP contribution in [-0.4, -0.2) is 18.4 Å². The summed E-state index contributed by atoms with van der Waals surface area (Å²) in [5, 5.41) is 0. The van der Waals surface area contributed by atoms with Crippen molar-refractivity contribution >= 4 is 56.1 Å². The van der Waals surface area contributed by atoms with Crippen molar-refractivity contribution in [2.24, 2.45) is 0 Å². The Morgan fingerprint density at radius 3 is 1.70 bits per heavy atom. The summed E-state index contributed by atoms with van der Waals surface area (Å²) in [6.07, 6.45) is 22.7. The number of hydrogen-bond acceptors (Lipinski definition) is 2. The number of unbranched alkanes of at least 4 members (excludes halogenated alkanes) is 8. The normalized spacial score (nSPS) is 12.2. The summed E-state index contributed by atoms with van der Waals surface area (Å²) in [5.41, 5.74) is 0. The summed E-state index contributed by atoms with van der Waals surface area (Å²) in [6, 6.07) is 9.67. The molecule has 0 bridgehead atoms. The number of hydrogen-bond donors (Lipinski definition) is 0. The zero-order valence-corrected chi connectivity index (χ0v) is 26.6. The second-order valence-corrected chi connectivity index (χ2v) is 26.4. The van der Waals surface area contributed by atoms with Crippen LogP contribution in [0.2, 0.25) is 13.3 Å². The molecule has 2 heterocycles. The zero-order chi connectivity index (χ0) is 23.8. The van der Waals surface area contributed by atoms with Crippen LogP contribution in [0.4, 0.5) is 0 Å². The molecule has 0 unspecified atom stereocenters. The molecule has 2 aromatic rings. The fourth-order valence-corrected chi connectivity index (χ4v) is 26.0. The molecule has 2 rings (SSSR count). The standard InChI is InChI=1S/C18H23S2.3C4H9.Sn/c1-2-3-4-5-6-7-9-17-13-14-18(20-17)12-11-16-10-8-15-19-16;3*1-3-4-2;/h8,10-14H,2-7,9H2,1H3;3*1,3-4H2,2H3;/b12-11+;;;;. The van der Waals surface area contributed by atoms with Crippen LogP contribution in [0.3, 0.4) is 0 Å². The Morgan fingerprint density at radius 1 is 0.576 bits per heavy atom. The van der Waals surface area contributed by atoms with Gasteiger partial charge in [-0.15, -0.1) is 0 Å². The number of thiophene rings is 2. The Labute approximate surface area is 218 Å². The van der Waals surface area contributed by atoms with Gasteiger partial charge in [0.15, 0.2) is 0 Å². The average Bonchev–Trinajstić information content (AvgIpc) is 3.50. The molecular formula is C30H50S2Sn. The predicted molar refractivity (Wildman–Crippen MR) is 159 cm³/mol. The molecule has 0 N–H and O–H groups in total. The van der Waals surface area contributed by atoms with Gasteiger partial charge in [-0.2, -0.15) is 0 Å². The van der Waals surface area contributed by atoms with E-state index in [4.69, 9.17) is 0 Å². The van der Waals surface area contributed by atoms with Gasteiger partial charge in [0.2, 0.25) is 0 Å². The van der Waals surface area contributed by atoms with Crippen LogP contribution in [0.1, 0.15) is 119 Å². The van der Waals surface area contributed by atoms with Gasteiger partial charge in [-0.05, 0) is 0 Å². The van der Waals surface area contributed by atoms with Gasteiger partial charge >= 0.3 is 193 Å². The molecule has 2 aromatic heterocycles. The molecule has 0 radical (unpaired) electrons. The second-order valence-electron chi connectivity index (χ2n) is 9.95. The summed E-state index contributed by atoms with van der Waals surface area (Å²) < 4.78 is 6.57. The SMILES string of the molecule is CCCCCCCCc1ccc(/C=C/c2cc[c]([Sn]([CH2]CCC)([CH2]CCC)[CH2]CCC)s2)s1. The third-order valence-corrected chi connectivity index (χ3v) is 27.5. The van der Waals surface area contributed by atoms with Crippen molar-refractivity contribution in [2.75, 3.05) is 0 Å². The van der Waals surface area contributed by atoms with Crippen LogP contribution >= 0.6 is 22.7 Å². The first-order valence-electron chi connectivity index (χ1n) is 14.0. The van der Waals surface area contributed by atoms with Crippen LogP contribution in [0.5, 0.6) is 0 Å². The molecule has 0 saturated heterocycles. The van der Waals surface area contributed by atoms with Gasteiger partial charge in [-0.1, -0.05) is 26.2 Å². The topological polar surface area (TPSA) is 0 Å².